The van der Waals surface area contributed by atoms with Gasteiger partial charge in [0.25, 0.3) is 0 Å². The molecule has 1 heterocycles. The number of aryl methyl sites for hydroxylation is 3. The third-order valence-corrected chi connectivity index (χ3v) is 3.38. The van der Waals surface area contributed by atoms with Crippen molar-refractivity contribution in [2.45, 2.75) is 46.1 Å². The molecule has 1 aromatic carbocycles. The molecule has 1 N–H and O–H groups in total. The van der Waals surface area contributed by atoms with Crippen LogP contribution in [0.5, 0.6) is 0 Å². The van der Waals surface area contributed by atoms with Crippen LogP contribution in [-0.2, 0) is 9.53 Å². The molecule has 0 aromatic heterocycles. The van der Waals surface area contributed by atoms with Crippen molar-refractivity contribution in [3.05, 3.63) is 28.8 Å². The maximum Gasteiger partial charge on any atom is 0.227 e. The van der Waals surface area contributed by atoms with Crippen LogP contribution in [0.4, 0.5) is 5.69 Å². The Hall–Kier alpha value is -1.35. The maximum absolute atomic E-state index is 12.0. The van der Waals surface area contributed by atoms with E-state index in [0.717, 1.165) is 36.3 Å². The summed E-state index contributed by atoms with van der Waals surface area (Å²) in [6.07, 6.45) is 2.64. The lowest BCUT2D eigenvalue weighted by molar-refractivity contribution is -0.118. The summed E-state index contributed by atoms with van der Waals surface area (Å²) < 4.78 is 5.48. The molecule has 3 heteroatoms. The summed E-state index contributed by atoms with van der Waals surface area (Å²) in [5.41, 5.74) is 4.41. The van der Waals surface area contributed by atoms with E-state index in [-0.39, 0.29) is 12.0 Å². The van der Waals surface area contributed by atoms with Gasteiger partial charge in [-0.3, -0.25) is 4.79 Å². The van der Waals surface area contributed by atoms with Gasteiger partial charge in [0, 0.05) is 12.3 Å². The summed E-state index contributed by atoms with van der Waals surface area (Å²) in [6.45, 7) is 6.92. The van der Waals surface area contributed by atoms with Gasteiger partial charge in [0.2, 0.25) is 5.91 Å². The molecule has 0 bridgehead atoms. The molecule has 1 amide bonds. The van der Waals surface area contributed by atoms with Crippen LogP contribution in [0.1, 0.15) is 36.0 Å². The minimum atomic E-state index is 0.0527. The molecule has 98 valence electrons. The summed E-state index contributed by atoms with van der Waals surface area (Å²) in [6, 6.07) is 4.18. The molecule has 1 unspecified atom stereocenters. The van der Waals surface area contributed by atoms with Crippen molar-refractivity contribution in [2.24, 2.45) is 0 Å². The van der Waals surface area contributed by atoms with E-state index in [4.69, 9.17) is 4.74 Å². The summed E-state index contributed by atoms with van der Waals surface area (Å²) >= 11 is 0. The molecule has 1 aromatic rings. The van der Waals surface area contributed by atoms with Crippen LogP contribution in [0, 0.1) is 20.8 Å². The molecule has 0 aliphatic carbocycles. The van der Waals surface area contributed by atoms with Crippen molar-refractivity contribution in [3.8, 4) is 0 Å². The number of carbonyl (C=O) groups is 1. The van der Waals surface area contributed by atoms with Crippen LogP contribution in [0.2, 0.25) is 0 Å². The second kappa shape index (κ2) is 5.53. The quantitative estimate of drug-likeness (QED) is 0.891. The Morgan fingerprint density at radius 2 is 2.00 bits per heavy atom. The Kier molecular flexibility index (Phi) is 4.02. The van der Waals surface area contributed by atoms with E-state index in [9.17, 15) is 4.79 Å². The number of nitrogens with one attached hydrogen (secondary N) is 1. The van der Waals surface area contributed by atoms with Gasteiger partial charge in [-0.15, -0.1) is 0 Å². The SMILES string of the molecule is Cc1cc(C)c(NC(=O)CC2CCCO2)c(C)c1. The van der Waals surface area contributed by atoms with E-state index in [1.54, 1.807) is 0 Å². The molecular formula is C15H21NO2. The predicted molar refractivity (Wildman–Crippen MR) is 72.9 cm³/mol. The van der Waals surface area contributed by atoms with E-state index < -0.39 is 0 Å². The summed E-state index contributed by atoms with van der Waals surface area (Å²) in [5.74, 6) is 0.0527. The maximum atomic E-state index is 12.0. The second-order valence-corrected chi connectivity index (χ2v) is 5.16. The number of benzene rings is 1. The first-order valence-corrected chi connectivity index (χ1v) is 6.55. The molecule has 1 aliphatic rings. The highest BCUT2D eigenvalue weighted by atomic mass is 16.5. The van der Waals surface area contributed by atoms with Gasteiger partial charge in [0.1, 0.15) is 0 Å². The summed E-state index contributed by atoms with van der Waals surface area (Å²) in [5, 5.41) is 3.01. The Balaban J connectivity index is 2.02. The molecule has 1 saturated heterocycles. The van der Waals surface area contributed by atoms with Gasteiger partial charge in [-0.1, -0.05) is 17.7 Å². The summed E-state index contributed by atoms with van der Waals surface area (Å²) in [4.78, 5) is 12.0. The molecule has 1 fully saturated rings. The van der Waals surface area contributed by atoms with Crippen molar-refractivity contribution in [3.63, 3.8) is 0 Å². The number of amides is 1. The highest BCUT2D eigenvalue weighted by Gasteiger charge is 2.19. The fourth-order valence-electron chi connectivity index (χ4n) is 2.58. The zero-order valence-electron chi connectivity index (χ0n) is 11.4. The van der Waals surface area contributed by atoms with Crippen molar-refractivity contribution in [1.29, 1.82) is 0 Å². The Morgan fingerprint density at radius 1 is 1.33 bits per heavy atom. The zero-order chi connectivity index (χ0) is 13.1. The van der Waals surface area contributed by atoms with Crippen LogP contribution < -0.4 is 5.32 Å². The number of anilines is 1. The van der Waals surface area contributed by atoms with E-state index in [0.29, 0.717) is 6.42 Å². The van der Waals surface area contributed by atoms with Crippen molar-refractivity contribution >= 4 is 11.6 Å². The first kappa shape index (κ1) is 13.1. The van der Waals surface area contributed by atoms with Crippen LogP contribution in [0.3, 0.4) is 0 Å². The van der Waals surface area contributed by atoms with E-state index in [2.05, 4.69) is 24.4 Å². The fourth-order valence-corrected chi connectivity index (χ4v) is 2.58. The van der Waals surface area contributed by atoms with E-state index in [1.807, 2.05) is 13.8 Å². The van der Waals surface area contributed by atoms with Gasteiger partial charge in [-0.25, -0.2) is 0 Å². The fraction of sp³-hybridized carbons (Fsp3) is 0.533. The van der Waals surface area contributed by atoms with E-state index in [1.165, 1.54) is 5.56 Å². The minimum Gasteiger partial charge on any atom is -0.378 e. The molecule has 0 spiro atoms. The molecule has 3 nitrogen and oxygen atoms in total. The Morgan fingerprint density at radius 3 is 2.56 bits per heavy atom. The van der Waals surface area contributed by atoms with Crippen molar-refractivity contribution in [1.82, 2.24) is 0 Å². The monoisotopic (exact) mass is 247 g/mol. The highest BCUT2D eigenvalue weighted by molar-refractivity contribution is 5.92. The van der Waals surface area contributed by atoms with Crippen LogP contribution >= 0.6 is 0 Å². The average Bonchev–Trinajstić information content (AvgIpc) is 2.76. The third kappa shape index (κ3) is 3.10. The van der Waals surface area contributed by atoms with Gasteiger partial charge in [0.05, 0.1) is 12.5 Å². The molecule has 0 radical (unpaired) electrons. The topological polar surface area (TPSA) is 38.3 Å². The van der Waals surface area contributed by atoms with Gasteiger partial charge in [-0.05, 0) is 44.7 Å². The van der Waals surface area contributed by atoms with Crippen molar-refractivity contribution < 1.29 is 9.53 Å². The van der Waals surface area contributed by atoms with Crippen LogP contribution in [0.25, 0.3) is 0 Å². The van der Waals surface area contributed by atoms with Gasteiger partial charge >= 0.3 is 0 Å². The minimum absolute atomic E-state index is 0.0527. The number of ether oxygens (including phenoxy) is 1. The van der Waals surface area contributed by atoms with Crippen LogP contribution in [-0.4, -0.2) is 18.6 Å². The summed E-state index contributed by atoms with van der Waals surface area (Å²) in [7, 11) is 0. The highest BCUT2D eigenvalue weighted by Crippen LogP contribution is 2.23. The lowest BCUT2D eigenvalue weighted by Crippen LogP contribution is -2.20. The molecular weight excluding hydrogens is 226 g/mol. The Labute approximate surface area is 109 Å². The van der Waals surface area contributed by atoms with Gasteiger partial charge in [-0.2, -0.15) is 0 Å². The standard InChI is InChI=1S/C15H21NO2/c1-10-7-11(2)15(12(3)8-10)16-14(17)9-13-5-4-6-18-13/h7-8,13H,4-6,9H2,1-3H3,(H,16,17). The normalized spacial score (nSPS) is 18.9. The number of hydrogen-bond acceptors (Lipinski definition) is 2. The number of rotatable bonds is 3. The number of carbonyl (C=O) groups excluding carboxylic acids is 1. The smallest absolute Gasteiger partial charge is 0.227 e. The molecule has 1 atom stereocenters. The third-order valence-electron chi connectivity index (χ3n) is 3.38. The van der Waals surface area contributed by atoms with Crippen molar-refractivity contribution in [2.75, 3.05) is 11.9 Å². The first-order valence-electron chi connectivity index (χ1n) is 6.55. The number of hydrogen-bond donors (Lipinski definition) is 1. The van der Waals surface area contributed by atoms with Crippen LogP contribution in [0.15, 0.2) is 12.1 Å². The largest absolute Gasteiger partial charge is 0.378 e. The van der Waals surface area contributed by atoms with Gasteiger partial charge in [0.15, 0.2) is 0 Å². The average molecular weight is 247 g/mol. The van der Waals surface area contributed by atoms with Gasteiger partial charge < -0.3 is 10.1 Å². The second-order valence-electron chi connectivity index (χ2n) is 5.16. The zero-order valence-corrected chi connectivity index (χ0v) is 11.4. The predicted octanol–water partition coefficient (Wildman–Crippen LogP) is 3.12. The molecule has 2 rings (SSSR count). The lowest BCUT2D eigenvalue weighted by Gasteiger charge is -2.14. The van der Waals surface area contributed by atoms with E-state index >= 15 is 0 Å². The molecule has 1 aliphatic heterocycles. The molecule has 18 heavy (non-hydrogen) atoms. The Bertz CT molecular complexity index is 425. The molecule has 0 saturated carbocycles. The first-order chi connectivity index (χ1) is 8.56. The lowest BCUT2D eigenvalue weighted by atomic mass is 10.0.